The fourth-order valence-corrected chi connectivity index (χ4v) is 4.28. The standard InChI is InChI=1S/C18H24N4OS/c1-12-5-13(2)7-16(6-12)10-24-11-18(23)21-8-14(3)22-15(4)19-20-17(22)9-21/h5-7,14H,8-11H2,1-4H3. The van der Waals surface area contributed by atoms with Crippen LogP contribution < -0.4 is 0 Å². The van der Waals surface area contributed by atoms with Gasteiger partial charge in [-0.1, -0.05) is 29.3 Å². The summed E-state index contributed by atoms with van der Waals surface area (Å²) in [4.78, 5) is 14.4. The molecule has 0 radical (unpaired) electrons. The minimum absolute atomic E-state index is 0.183. The highest BCUT2D eigenvalue weighted by atomic mass is 32.2. The molecule has 1 aliphatic heterocycles. The van der Waals surface area contributed by atoms with Crippen LogP contribution in [-0.2, 0) is 17.1 Å². The summed E-state index contributed by atoms with van der Waals surface area (Å²) >= 11 is 1.68. The van der Waals surface area contributed by atoms with Gasteiger partial charge in [-0.15, -0.1) is 22.0 Å². The van der Waals surface area contributed by atoms with Crippen LogP contribution in [-0.4, -0.2) is 37.9 Å². The maximum absolute atomic E-state index is 12.5. The van der Waals surface area contributed by atoms with E-state index < -0.39 is 0 Å². The third kappa shape index (κ3) is 3.64. The Bertz CT molecular complexity index is 735. The highest BCUT2D eigenvalue weighted by molar-refractivity contribution is 7.99. The van der Waals surface area contributed by atoms with E-state index in [-0.39, 0.29) is 11.9 Å². The first-order chi connectivity index (χ1) is 11.4. The van der Waals surface area contributed by atoms with Crippen LogP contribution in [0.5, 0.6) is 0 Å². The molecular weight excluding hydrogens is 320 g/mol. The molecule has 1 unspecified atom stereocenters. The molecule has 0 aliphatic carbocycles. The van der Waals surface area contributed by atoms with Crippen LogP contribution >= 0.6 is 11.8 Å². The van der Waals surface area contributed by atoms with E-state index in [9.17, 15) is 4.79 Å². The molecule has 1 aromatic carbocycles. The quantitative estimate of drug-likeness (QED) is 0.855. The van der Waals surface area contributed by atoms with Gasteiger partial charge in [-0.05, 0) is 33.3 Å². The predicted molar refractivity (Wildman–Crippen MR) is 97.0 cm³/mol. The van der Waals surface area contributed by atoms with Gasteiger partial charge in [0, 0.05) is 12.3 Å². The predicted octanol–water partition coefficient (Wildman–Crippen LogP) is 3.04. The maximum atomic E-state index is 12.5. The van der Waals surface area contributed by atoms with Crippen LogP contribution in [0.3, 0.4) is 0 Å². The molecule has 0 spiro atoms. The summed E-state index contributed by atoms with van der Waals surface area (Å²) in [6, 6.07) is 6.79. The lowest BCUT2D eigenvalue weighted by Gasteiger charge is -2.32. The summed E-state index contributed by atoms with van der Waals surface area (Å²) in [7, 11) is 0. The Morgan fingerprint density at radius 2 is 1.92 bits per heavy atom. The van der Waals surface area contributed by atoms with Crippen molar-refractivity contribution in [1.82, 2.24) is 19.7 Å². The molecule has 0 saturated carbocycles. The third-order valence-electron chi connectivity index (χ3n) is 4.32. The van der Waals surface area contributed by atoms with Gasteiger partial charge in [-0.25, -0.2) is 0 Å². The van der Waals surface area contributed by atoms with E-state index in [1.807, 2.05) is 11.8 Å². The highest BCUT2D eigenvalue weighted by Gasteiger charge is 2.27. The van der Waals surface area contributed by atoms with E-state index in [0.29, 0.717) is 12.3 Å². The summed E-state index contributed by atoms with van der Waals surface area (Å²) in [5, 5.41) is 8.33. The zero-order valence-corrected chi connectivity index (χ0v) is 15.6. The van der Waals surface area contributed by atoms with E-state index in [1.54, 1.807) is 11.8 Å². The molecule has 6 heteroatoms. The lowest BCUT2D eigenvalue weighted by atomic mass is 10.1. The van der Waals surface area contributed by atoms with Crippen molar-refractivity contribution < 1.29 is 4.79 Å². The Hall–Kier alpha value is -1.82. The Kier molecular flexibility index (Phi) is 4.94. The molecule has 2 aromatic rings. The molecule has 2 heterocycles. The zero-order chi connectivity index (χ0) is 17.3. The smallest absolute Gasteiger partial charge is 0.233 e. The van der Waals surface area contributed by atoms with Gasteiger partial charge in [0.25, 0.3) is 0 Å². The third-order valence-corrected chi connectivity index (χ3v) is 5.31. The number of carbonyl (C=O) groups excluding carboxylic acids is 1. The summed E-state index contributed by atoms with van der Waals surface area (Å²) < 4.78 is 2.13. The molecule has 0 saturated heterocycles. The van der Waals surface area contributed by atoms with Gasteiger partial charge in [0.05, 0.1) is 18.3 Å². The molecular formula is C18H24N4OS. The summed E-state index contributed by atoms with van der Waals surface area (Å²) in [6.07, 6.45) is 0. The fourth-order valence-electron chi connectivity index (χ4n) is 3.42. The van der Waals surface area contributed by atoms with E-state index in [4.69, 9.17) is 0 Å². The summed E-state index contributed by atoms with van der Waals surface area (Å²) in [5.41, 5.74) is 3.83. The number of rotatable bonds is 4. The number of aryl methyl sites for hydroxylation is 3. The largest absolute Gasteiger partial charge is 0.332 e. The molecule has 5 nitrogen and oxygen atoms in total. The SMILES string of the molecule is Cc1cc(C)cc(CSCC(=O)N2Cc3nnc(C)n3C(C)C2)c1. The van der Waals surface area contributed by atoms with Crippen molar-refractivity contribution in [2.45, 2.75) is 46.0 Å². The number of hydrogen-bond acceptors (Lipinski definition) is 4. The number of amides is 1. The second-order valence-electron chi connectivity index (χ2n) is 6.65. The van der Waals surface area contributed by atoms with Crippen molar-refractivity contribution >= 4 is 17.7 Å². The number of aromatic nitrogens is 3. The molecule has 0 N–H and O–H groups in total. The van der Waals surface area contributed by atoms with Crippen LogP contribution in [0.15, 0.2) is 18.2 Å². The van der Waals surface area contributed by atoms with Gasteiger partial charge in [0.15, 0.2) is 5.82 Å². The van der Waals surface area contributed by atoms with Crippen LogP contribution in [0.25, 0.3) is 0 Å². The first-order valence-corrected chi connectivity index (χ1v) is 9.42. The lowest BCUT2D eigenvalue weighted by molar-refractivity contribution is -0.130. The highest BCUT2D eigenvalue weighted by Crippen LogP contribution is 2.22. The minimum Gasteiger partial charge on any atom is -0.332 e. The maximum Gasteiger partial charge on any atom is 0.233 e. The van der Waals surface area contributed by atoms with Gasteiger partial charge >= 0.3 is 0 Å². The molecule has 3 rings (SSSR count). The topological polar surface area (TPSA) is 51.0 Å². The van der Waals surface area contributed by atoms with Crippen LogP contribution in [0.1, 0.15) is 41.3 Å². The number of fused-ring (bicyclic) bond motifs is 1. The van der Waals surface area contributed by atoms with Crippen molar-refractivity contribution in [2.24, 2.45) is 0 Å². The Morgan fingerprint density at radius 1 is 1.21 bits per heavy atom. The molecule has 1 amide bonds. The lowest BCUT2D eigenvalue weighted by Crippen LogP contribution is -2.41. The average Bonchev–Trinajstić information content (AvgIpc) is 2.88. The van der Waals surface area contributed by atoms with Crippen molar-refractivity contribution in [2.75, 3.05) is 12.3 Å². The summed E-state index contributed by atoms with van der Waals surface area (Å²) in [6.45, 7) is 9.59. The van der Waals surface area contributed by atoms with E-state index in [2.05, 4.69) is 53.7 Å². The number of carbonyl (C=O) groups is 1. The van der Waals surface area contributed by atoms with Crippen molar-refractivity contribution in [3.63, 3.8) is 0 Å². The molecule has 0 fully saturated rings. The number of nitrogens with zero attached hydrogens (tertiary/aromatic N) is 4. The first kappa shape index (κ1) is 17.0. The Morgan fingerprint density at radius 3 is 2.62 bits per heavy atom. The van der Waals surface area contributed by atoms with Crippen LogP contribution in [0.4, 0.5) is 0 Å². The van der Waals surface area contributed by atoms with Crippen molar-refractivity contribution in [3.05, 3.63) is 46.5 Å². The minimum atomic E-state index is 0.183. The Labute approximate surface area is 147 Å². The van der Waals surface area contributed by atoms with Crippen LogP contribution in [0.2, 0.25) is 0 Å². The van der Waals surface area contributed by atoms with Crippen molar-refractivity contribution in [3.8, 4) is 0 Å². The number of thioether (sulfide) groups is 1. The van der Waals surface area contributed by atoms with Crippen LogP contribution in [0, 0.1) is 20.8 Å². The normalized spacial score (nSPS) is 17.0. The number of hydrogen-bond donors (Lipinski definition) is 0. The van der Waals surface area contributed by atoms with Gasteiger partial charge in [-0.3, -0.25) is 4.79 Å². The number of benzene rings is 1. The monoisotopic (exact) mass is 344 g/mol. The van der Waals surface area contributed by atoms with Gasteiger partial charge in [-0.2, -0.15) is 0 Å². The zero-order valence-electron chi connectivity index (χ0n) is 14.7. The fraction of sp³-hybridized carbons (Fsp3) is 0.500. The van der Waals surface area contributed by atoms with E-state index >= 15 is 0 Å². The molecule has 128 valence electrons. The second-order valence-corrected chi connectivity index (χ2v) is 7.63. The molecule has 24 heavy (non-hydrogen) atoms. The molecule has 1 aromatic heterocycles. The van der Waals surface area contributed by atoms with E-state index in [1.165, 1.54) is 16.7 Å². The molecule has 1 aliphatic rings. The van der Waals surface area contributed by atoms with E-state index in [0.717, 1.165) is 23.9 Å². The molecule has 1 atom stereocenters. The van der Waals surface area contributed by atoms with Gasteiger partial charge in [0.2, 0.25) is 5.91 Å². The summed E-state index contributed by atoms with van der Waals surface area (Å²) in [5.74, 6) is 3.37. The first-order valence-electron chi connectivity index (χ1n) is 8.27. The van der Waals surface area contributed by atoms with Crippen molar-refractivity contribution in [1.29, 1.82) is 0 Å². The van der Waals surface area contributed by atoms with Gasteiger partial charge < -0.3 is 9.47 Å². The second kappa shape index (κ2) is 6.97. The molecule has 0 bridgehead atoms. The average molecular weight is 344 g/mol. The van der Waals surface area contributed by atoms with Gasteiger partial charge in [0.1, 0.15) is 5.82 Å². The Balaban J connectivity index is 1.56.